The molecule has 0 heterocycles. The van der Waals surface area contributed by atoms with Gasteiger partial charge in [0.2, 0.25) is 0 Å². The summed E-state index contributed by atoms with van der Waals surface area (Å²) in [4.78, 5) is 22.8. The van der Waals surface area contributed by atoms with E-state index in [2.05, 4.69) is 98.9 Å². The van der Waals surface area contributed by atoms with E-state index in [4.69, 9.17) is 18.5 Å². The van der Waals surface area contributed by atoms with Gasteiger partial charge in [-0.1, -0.05) is 144 Å². The summed E-state index contributed by atoms with van der Waals surface area (Å²) in [7, 11) is 1.63. The fourth-order valence-electron chi connectivity index (χ4n) is 5.00. The van der Waals surface area contributed by atoms with Gasteiger partial charge in [-0.2, -0.15) is 0 Å². The normalized spacial score (nSPS) is 14.7. The van der Waals surface area contributed by atoms with E-state index in [1.54, 1.807) is 0 Å². The Morgan fingerprint density at radius 1 is 0.593 bits per heavy atom. The number of unbranched alkanes of at least 4 members (excludes halogenated alkanes) is 9. The summed E-state index contributed by atoms with van der Waals surface area (Å²) in [6, 6.07) is 0. The molecular weight excluding hydrogens is 697 g/mol. The lowest BCUT2D eigenvalue weighted by Crippen LogP contribution is -2.37. The van der Waals surface area contributed by atoms with Crippen molar-refractivity contribution < 1.29 is 37.3 Å². The number of carbonyl (C=O) groups is 1. The van der Waals surface area contributed by atoms with E-state index in [0.29, 0.717) is 17.6 Å². The van der Waals surface area contributed by atoms with Crippen LogP contribution in [-0.4, -0.2) is 75.6 Å². The topological polar surface area (TPSA) is 91.3 Å². The molecule has 0 aliphatic carbocycles. The highest BCUT2D eigenvalue weighted by Gasteiger charge is 2.26. The third-order valence-corrected chi connectivity index (χ3v) is 9.21. The lowest BCUT2D eigenvalue weighted by Gasteiger charge is -2.24. The standard InChI is InChI=1S/C45H78NO7P/c1-6-8-10-12-14-15-16-17-18-19-20-21-22-23-24-25-26-27-28-29-30-31-32-34-36-38-45(47)53-44(42-50-40-37-35-33-13-11-9-7-2)43-52-54(48,49)51-41-39-46(3,4)5/h8,10,14-15,17-18,20-21,23-24,26-27,29-30,44H,6-7,9,11-13,16,19,22,25,28,31-43H2,1-5H3/p+1/b10-8-,15-14-,18-17-,21-20-,24-23-,27-26-,30-29-. The summed E-state index contributed by atoms with van der Waals surface area (Å²) in [6.45, 7) is 5.39. The molecule has 1 N–H and O–H groups in total. The van der Waals surface area contributed by atoms with Crippen molar-refractivity contribution in [2.24, 2.45) is 0 Å². The Kier molecular flexibility index (Phi) is 36.0. The zero-order valence-electron chi connectivity index (χ0n) is 34.9. The third kappa shape index (κ3) is 40.9. The van der Waals surface area contributed by atoms with Crippen molar-refractivity contribution >= 4 is 13.8 Å². The predicted octanol–water partition coefficient (Wildman–Crippen LogP) is 12.1. The van der Waals surface area contributed by atoms with Crippen molar-refractivity contribution in [2.45, 2.75) is 142 Å². The molecule has 0 saturated heterocycles. The molecular formula is C45H79NO7P+. The van der Waals surface area contributed by atoms with Gasteiger partial charge in [-0.3, -0.25) is 13.8 Å². The van der Waals surface area contributed by atoms with Crippen LogP contribution < -0.4 is 0 Å². The molecule has 2 atom stereocenters. The second-order valence-corrected chi connectivity index (χ2v) is 16.1. The largest absolute Gasteiger partial charge is 0.472 e. The first-order valence-corrected chi connectivity index (χ1v) is 22.3. The number of rotatable bonds is 37. The fourth-order valence-corrected chi connectivity index (χ4v) is 5.74. The zero-order chi connectivity index (χ0) is 39.9. The lowest BCUT2D eigenvalue weighted by molar-refractivity contribution is -0.870. The molecule has 9 heteroatoms. The molecule has 0 saturated carbocycles. The maximum absolute atomic E-state index is 12.6. The minimum absolute atomic E-state index is 0.0776. The highest BCUT2D eigenvalue weighted by Crippen LogP contribution is 2.43. The predicted molar refractivity (Wildman–Crippen MR) is 228 cm³/mol. The quantitative estimate of drug-likeness (QED) is 0.0221. The molecule has 0 aromatic rings. The number of phosphoric ester groups is 1. The second kappa shape index (κ2) is 37.6. The zero-order valence-corrected chi connectivity index (χ0v) is 35.8. The molecule has 0 spiro atoms. The highest BCUT2D eigenvalue weighted by molar-refractivity contribution is 7.47. The molecule has 0 aromatic heterocycles. The van der Waals surface area contributed by atoms with Crippen LogP contribution in [0.5, 0.6) is 0 Å². The Morgan fingerprint density at radius 3 is 1.59 bits per heavy atom. The van der Waals surface area contributed by atoms with Gasteiger partial charge in [0.15, 0.2) is 0 Å². The SMILES string of the molecule is CC/C=C\C/C=C\C/C=C\C/C=C\C/C=C\C/C=C\C/C=C\CCCCCC(=O)OC(COCCCCCCCCC)COP(=O)(O)OCC[N+](C)(C)C. The molecule has 310 valence electrons. The van der Waals surface area contributed by atoms with Gasteiger partial charge in [0.05, 0.1) is 34.4 Å². The van der Waals surface area contributed by atoms with Crippen LogP contribution in [0.25, 0.3) is 0 Å². The lowest BCUT2D eigenvalue weighted by atomic mass is 10.1. The first-order chi connectivity index (χ1) is 26.1. The Labute approximate surface area is 331 Å². The first-order valence-electron chi connectivity index (χ1n) is 20.8. The van der Waals surface area contributed by atoms with Crippen LogP contribution in [0.4, 0.5) is 0 Å². The second-order valence-electron chi connectivity index (χ2n) is 14.6. The average molecular weight is 777 g/mol. The van der Waals surface area contributed by atoms with Gasteiger partial charge < -0.3 is 18.9 Å². The number of hydrogen-bond acceptors (Lipinski definition) is 6. The maximum atomic E-state index is 12.6. The number of ether oxygens (including phenoxy) is 2. The van der Waals surface area contributed by atoms with Crippen molar-refractivity contribution in [3.05, 3.63) is 85.1 Å². The number of esters is 1. The van der Waals surface area contributed by atoms with Gasteiger partial charge in [0.1, 0.15) is 19.3 Å². The number of nitrogens with zero attached hydrogens (tertiary/aromatic N) is 1. The van der Waals surface area contributed by atoms with E-state index in [1.165, 1.54) is 32.1 Å². The highest BCUT2D eigenvalue weighted by atomic mass is 31.2. The van der Waals surface area contributed by atoms with Gasteiger partial charge in [0.25, 0.3) is 0 Å². The van der Waals surface area contributed by atoms with Crippen molar-refractivity contribution in [1.29, 1.82) is 0 Å². The van der Waals surface area contributed by atoms with Crippen LogP contribution in [0.15, 0.2) is 85.1 Å². The number of carbonyl (C=O) groups excluding carboxylic acids is 1. The molecule has 0 aromatic carbocycles. The minimum Gasteiger partial charge on any atom is -0.457 e. The van der Waals surface area contributed by atoms with E-state index >= 15 is 0 Å². The molecule has 0 amide bonds. The summed E-state index contributed by atoms with van der Waals surface area (Å²) < 4.78 is 34.7. The molecule has 2 unspecified atom stereocenters. The summed E-state index contributed by atoms with van der Waals surface area (Å²) >= 11 is 0. The molecule has 0 bridgehead atoms. The Morgan fingerprint density at radius 2 is 1.07 bits per heavy atom. The molecule has 0 fully saturated rings. The summed E-state index contributed by atoms with van der Waals surface area (Å²) in [6.07, 6.45) is 49.2. The third-order valence-electron chi connectivity index (χ3n) is 8.22. The molecule has 0 aliphatic heterocycles. The molecule has 54 heavy (non-hydrogen) atoms. The molecule has 8 nitrogen and oxygen atoms in total. The Bertz CT molecular complexity index is 1130. The monoisotopic (exact) mass is 777 g/mol. The van der Waals surface area contributed by atoms with Gasteiger partial charge in [0, 0.05) is 13.0 Å². The van der Waals surface area contributed by atoms with Crippen LogP contribution in [-0.2, 0) is 27.9 Å². The maximum Gasteiger partial charge on any atom is 0.472 e. The Hall–Kier alpha value is -2.32. The van der Waals surface area contributed by atoms with E-state index in [0.717, 1.165) is 83.5 Å². The van der Waals surface area contributed by atoms with Crippen molar-refractivity contribution in [3.63, 3.8) is 0 Å². The molecule has 0 rings (SSSR count). The Balaban J connectivity index is 4.23. The van der Waals surface area contributed by atoms with Gasteiger partial charge in [-0.15, -0.1) is 0 Å². The average Bonchev–Trinajstić information content (AvgIpc) is 3.12. The number of likely N-dealkylation sites (N-methyl/N-ethyl adjacent to an activating group) is 1. The molecule has 0 radical (unpaired) electrons. The van der Waals surface area contributed by atoms with Crippen LogP contribution in [0, 0.1) is 0 Å². The van der Waals surface area contributed by atoms with Gasteiger partial charge in [-0.05, 0) is 70.6 Å². The van der Waals surface area contributed by atoms with Crippen molar-refractivity contribution in [2.75, 3.05) is 54.1 Å². The van der Waals surface area contributed by atoms with Crippen LogP contribution in [0.2, 0.25) is 0 Å². The number of quaternary nitrogens is 1. The minimum atomic E-state index is -4.28. The van der Waals surface area contributed by atoms with Crippen molar-refractivity contribution in [1.82, 2.24) is 0 Å². The van der Waals surface area contributed by atoms with Crippen LogP contribution in [0.1, 0.15) is 136 Å². The number of allylic oxidation sites excluding steroid dienone is 14. The van der Waals surface area contributed by atoms with Crippen LogP contribution in [0.3, 0.4) is 0 Å². The number of hydrogen-bond donors (Lipinski definition) is 1. The smallest absolute Gasteiger partial charge is 0.457 e. The fraction of sp³-hybridized carbons (Fsp3) is 0.667. The summed E-state index contributed by atoms with van der Waals surface area (Å²) in [5, 5.41) is 0. The van der Waals surface area contributed by atoms with Crippen LogP contribution >= 0.6 is 7.82 Å². The van der Waals surface area contributed by atoms with E-state index in [-0.39, 0.29) is 32.2 Å². The first kappa shape index (κ1) is 51.7. The summed E-state index contributed by atoms with van der Waals surface area (Å²) in [5.74, 6) is -0.352. The van der Waals surface area contributed by atoms with Gasteiger partial charge >= 0.3 is 13.8 Å². The number of phosphoric acid groups is 1. The van der Waals surface area contributed by atoms with E-state index in [9.17, 15) is 14.3 Å². The van der Waals surface area contributed by atoms with E-state index < -0.39 is 13.9 Å². The van der Waals surface area contributed by atoms with E-state index in [1.807, 2.05) is 21.1 Å². The van der Waals surface area contributed by atoms with Gasteiger partial charge in [-0.25, -0.2) is 4.57 Å². The molecule has 0 aliphatic rings. The summed E-state index contributed by atoms with van der Waals surface area (Å²) in [5.41, 5.74) is 0. The van der Waals surface area contributed by atoms with Crippen molar-refractivity contribution in [3.8, 4) is 0 Å².